The van der Waals surface area contributed by atoms with Gasteiger partial charge in [0, 0.05) is 12.6 Å². The zero-order chi connectivity index (χ0) is 25.4. The average Bonchev–Trinajstić information content (AvgIpc) is 2.88. The number of nitrogens with zero attached hydrogens (tertiary/aromatic N) is 1. The molecule has 35 heavy (non-hydrogen) atoms. The van der Waals surface area contributed by atoms with Gasteiger partial charge in [0.15, 0.2) is 11.5 Å². The lowest BCUT2D eigenvalue weighted by Crippen LogP contribution is -2.37. The van der Waals surface area contributed by atoms with Crippen molar-refractivity contribution in [3.05, 3.63) is 83.9 Å². The highest BCUT2D eigenvalue weighted by atomic mass is 32.2. The molecule has 0 atom stereocenters. The predicted molar refractivity (Wildman–Crippen MR) is 130 cm³/mol. The first kappa shape index (κ1) is 25.7. The summed E-state index contributed by atoms with van der Waals surface area (Å²) < 4.78 is 43.4. The van der Waals surface area contributed by atoms with Gasteiger partial charge in [0.25, 0.3) is 0 Å². The highest BCUT2D eigenvalue weighted by Crippen LogP contribution is 2.31. The van der Waals surface area contributed by atoms with Crippen molar-refractivity contribution in [1.29, 1.82) is 0 Å². The topological polar surface area (TPSA) is 111 Å². The van der Waals surface area contributed by atoms with Crippen LogP contribution in [0.1, 0.15) is 15.9 Å². The molecule has 3 aromatic carbocycles. The van der Waals surface area contributed by atoms with E-state index in [4.69, 9.17) is 14.2 Å². The van der Waals surface area contributed by atoms with E-state index in [0.717, 1.165) is 4.31 Å². The van der Waals surface area contributed by atoms with Gasteiger partial charge in [-0.1, -0.05) is 42.5 Å². The number of methoxy groups -OCH3 is 3. The molecule has 3 rings (SSSR count). The number of para-hydroxylation sites is 1. The fourth-order valence-corrected chi connectivity index (χ4v) is 4.77. The molecule has 0 fully saturated rings. The van der Waals surface area contributed by atoms with E-state index in [1.165, 1.54) is 51.7 Å². The number of hydrogen-bond acceptors (Lipinski definition) is 7. The van der Waals surface area contributed by atoms with E-state index >= 15 is 0 Å². The highest BCUT2D eigenvalue weighted by molar-refractivity contribution is 7.89. The van der Waals surface area contributed by atoms with Crippen LogP contribution >= 0.6 is 0 Å². The van der Waals surface area contributed by atoms with Gasteiger partial charge in [0.2, 0.25) is 15.9 Å². The Kier molecular flexibility index (Phi) is 8.45. The Morgan fingerprint density at radius 2 is 1.51 bits per heavy atom. The van der Waals surface area contributed by atoms with E-state index in [1.807, 2.05) is 6.07 Å². The molecule has 1 N–H and O–H groups in total. The second kappa shape index (κ2) is 11.5. The number of esters is 1. The van der Waals surface area contributed by atoms with Gasteiger partial charge in [-0.3, -0.25) is 4.79 Å². The molecule has 0 saturated heterocycles. The van der Waals surface area contributed by atoms with E-state index in [2.05, 4.69) is 5.32 Å². The maximum Gasteiger partial charge on any atom is 0.339 e. The second-order valence-corrected chi connectivity index (χ2v) is 9.30. The second-order valence-electron chi connectivity index (χ2n) is 7.36. The molecule has 0 heterocycles. The Labute approximate surface area is 204 Å². The van der Waals surface area contributed by atoms with Gasteiger partial charge in [0.05, 0.1) is 44.0 Å². The summed E-state index contributed by atoms with van der Waals surface area (Å²) in [5, 5.41) is 2.62. The van der Waals surface area contributed by atoms with E-state index in [9.17, 15) is 18.0 Å². The zero-order valence-electron chi connectivity index (χ0n) is 19.6. The largest absolute Gasteiger partial charge is 0.493 e. The maximum atomic E-state index is 13.6. The van der Waals surface area contributed by atoms with Crippen LogP contribution in [-0.4, -0.2) is 52.5 Å². The first-order chi connectivity index (χ1) is 16.8. The molecule has 9 nitrogen and oxygen atoms in total. The summed E-state index contributed by atoms with van der Waals surface area (Å²) in [6, 6.07) is 19.4. The van der Waals surface area contributed by atoms with Gasteiger partial charge in [-0.2, -0.15) is 4.31 Å². The SMILES string of the molecule is COC(=O)c1ccccc1NC(=O)CN(Cc1ccccc1)S(=O)(=O)c1ccc(OC)c(OC)c1. The Bertz CT molecular complexity index is 1290. The van der Waals surface area contributed by atoms with E-state index in [-0.39, 0.29) is 28.4 Å². The average molecular weight is 499 g/mol. The lowest BCUT2D eigenvalue weighted by atomic mass is 10.2. The third kappa shape index (κ3) is 6.17. The summed E-state index contributed by atoms with van der Waals surface area (Å²) in [5.74, 6) is -0.635. The maximum absolute atomic E-state index is 13.6. The Morgan fingerprint density at radius 1 is 0.857 bits per heavy atom. The summed E-state index contributed by atoms with van der Waals surface area (Å²) >= 11 is 0. The van der Waals surface area contributed by atoms with Crippen molar-refractivity contribution >= 4 is 27.6 Å². The molecule has 0 bridgehead atoms. The summed E-state index contributed by atoms with van der Waals surface area (Å²) in [4.78, 5) is 24.9. The lowest BCUT2D eigenvalue weighted by Gasteiger charge is -2.23. The van der Waals surface area contributed by atoms with Crippen LogP contribution in [0.15, 0.2) is 77.7 Å². The van der Waals surface area contributed by atoms with Crippen LogP contribution in [-0.2, 0) is 26.1 Å². The van der Waals surface area contributed by atoms with Crippen LogP contribution < -0.4 is 14.8 Å². The molecule has 3 aromatic rings. The van der Waals surface area contributed by atoms with Crippen LogP contribution in [0.25, 0.3) is 0 Å². The standard InChI is InChI=1S/C25H26N2O7S/c1-32-22-14-13-19(15-23(22)33-2)35(30,31)27(16-18-9-5-4-6-10-18)17-24(28)26-21-12-8-7-11-20(21)25(29)34-3/h4-15H,16-17H2,1-3H3,(H,26,28). The van der Waals surface area contributed by atoms with Crippen molar-refractivity contribution in [1.82, 2.24) is 4.31 Å². The third-order valence-corrected chi connectivity index (χ3v) is 6.91. The molecule has 0 radical (unpaired) electrons. The number of carbonyl (C=O) groups excluding carboxylic acids is 2. The van der Waals surface area contributed by atoms with Gasteiger partial charge >= 0.3 is 5.97 Å². The molecular formula is C25H26N2O7S. The molecule has 0 spiro atoms. The van der Waals surface area contributed by atoms with Crippen molar-refractivity contribution in [2.75, 3.05) is 33.2 Å². The van der Waals surface area contributed by atoms with Crippen molar-refractivity contribution in [3.8, 4) is 11.5 Å². The number of carbonyl (C=O) groups is 2. The Morgan fingerprint density at radius 3 is 2.17 bits per heavy atom. The summed E-state index contributed by atoms with van der Waals surface area (Å²) in [6.07, 6.45) is 0. The molecular weight excluding hydrogens is 472 g/mol. The number of rotatable bonds is 10. The van der Waals surface area contributed by atoms with Crippen molar-refractivity contribution in [3.63, 3.8) is 0 Å². The molecule has 0 aromatic heterocycles. The normalized spacial score (nSPS) is 11.1. The first-order valence-corrected chi connectivity index (χ1v) is 12.0. The zero-order valence-corrected chi connectivity index (χ0v) is 20.4. The number of ether oxygens (including phenoxy) is 3. The number of anilines is 1. The molecule has 10 heteroatoms. The smallest absolute Gasteiger partial charge is 0.339 e. The number of amides is 1. The van der Waals surface area contributed by atoms with Crippen molar-refractivity contribution in [2.24, 2.45) is 0 Å². The molecule has 184 valence electrons. The van der Waals surface area contributed by atoms with Gasteiger partial charge < -0.3 is 19.5 Å². The Balaban J connectivity index is 1.93. The minimum atomic E-state index is -4.13. The molecule has 0 aliphatic heterocycles. The number of sulfonamides is 1. The van der Waals surface area contributed by atoms with Crippen LogP contribution in [0.3, 0.4) is 0 Å². The van der Waals surface area contributed by atoms with Crippen LogP contribution in [0.4, 0.5) is 5.69 Å². The molecule has 0 unspecified atom stereocenters. The number of benzene rings is 3. The van der Waals surface area contributed by atoms with Crippen LogP contribution in [0.5, 0.6) is 11.5 Å². The van der Waals surface area contributed by atoms with Crippen LogP contribution in [0.2, 0.25) is 0 Å². The van der Waals surface area contributed by atoms with E-state index in [1.54, 1.807) is 36.4 Å². The summed E-state index contributed by atoms with van der Waals surface area (Å²) in [7, 11) is -0.0420. The number of nitrogens with one attached hydrogen (secondary N) is 1. The fraction of sp³-hybridized carbons (Fsp3) is 0.200. The van der Waals surface area contributed by atoms with Crippen molar-refractivity contribution in [2.45, 2.75) is 11.4 Å². The van der Waals surface area contributed by atoms with Gasteiger partial charge in [0.1, 0.15) is 0 Å². The minimum Gasteiger partial charge on any atom is -0.493 e. The minimum absolute atomic E-state index is 0.0520. The van der Waals surface area contributed by atoms with Crippen molar-refractivity contribution < 1.29 is 32.2 Å². The molecule has 1 amide bonds. The number of hydrogen-bond donors (Lipinski definition) is 1. The van der Waals surface area contributed by atoms with E-state index in [0.29, 0.717) is 11.3 Å². The monoisotopic (exact) mass is 498 g/mol. The fourth-order valence-electron chi connectivity index (χ4n) is 3.37. The third-order valence-electron chi connectivity index (χ3n) is 5.12. The lowest BCUT2D eigenvalue weighted by molar-refractivity contribution is -0.116. The van der Waals surface area contributed by atoms with Gasteiger partial charge in [-0.05, 0) is 29.8 Å². The van der Waals surface area contributed by atoms with Gasteiger partial charge in [-0.25, -0.2) is 13.2 Å². The van der Waals surface area contributed by atoms with E-state index < -0.39 is 28.4 Å². The van der Waals surface area contributed by atoms with Crippen LogP contribution in [0, 0.1) is 0 Å². The van der Waals surface area contributed by atoms with Gasteiger partial charge in [-0.15, -0.1) is 0 Å². The summed E-state index contributed by atoms with van der Waals surface area (Å²) in [5.41, 5.74) is 1.06. The predicted octanol–water partition coefficient (Wildman–Crippen LogP) is 3.32. The Hall–Kier alpha value is -3.89. The molecule has 0 aliphatic rings. The first-order valence-electron chi connectivity index (χ1n) is 10.5. The quantitative estimate of drug-likeness (QED) is 0.427. The highest BCUT2D eigenvalue weighted by Gasteiger charge is 2.28. The summed E-state index contributed by atoms with van der Waals surface area (Å²) in [6.45, 7) is -0.551. The molecule has 0 aliphatic carbocycles. The molecule has 0 saturated carbocycles.